The van der Waals surface area contributed by atoms with Gasteiger partial charge in [-0.15, -0.1) is 0 Å². The normalized spacial score (nSPS) is 26.8. The van der Waals surface area contributed by atoms with Crippen molar-refractivity contribution in [3.8, 4) is 5.75 Å². The second-order valence-electron chi connectivity index (χ2n) is 6.81. The van der Waals surface area contributed by atoms with Crippen LogP contribution in [-0.2, 0) is 9.59 Å². The van der Waals surface area contributed by atoms with Crippen LogP contribution in [0.1, 0.15) is 36.5 Å². The number of unbranched alkanes of at least 4 members (excludes halogenated alkanes) is 1. The van der Waals surface area contributed by atoms with Crippen molar-refractivity contribution in [2.24, 2.45) is 10.8 Å². The van der Waals surface area contributed by atoms with E-state index in [2.05, 4.69) is 0 Å². The maximum Gasteiger partial charge on any atom is 0.312 e. The fourth-order valence-corrected chi connectivity index (χ4v) is 3.70. The van der Waals surface area contributed by atoms with Gasteiger partial charge in [-0.1, -0.05) is 25.5 Å². The van der Waals surface area contributed by atoms with Crippen LogP contribution in [0, 0.1) is 10.8 Å². The van der Waals surface area contributed by atoms with Gasteiger partial charge in [0.15, 0.2) is 0 Å². The molecule has 0 unspecified atom stereocenters. The highest BCUT2D eigenvalue weighted by Gasteiger charge is 2.81. The minimum atomic E-state index is -1.37. The Balaban J connectivity index is 1.82. The number of aliphatic carboxylic acids is 2. The van der Waals surface area contributed by atoms with Crippen LogP contribution < -0.4 is 4.74 Å². The SMILES string of the molecule is CCCCOc1ccccc1C(=O)N1C[C@@]2(C(=O)O)C[C@@]2(C(=O)O)C1. The summed E-state index contributed by atoms with van der Waals surface area (Å²) in [4.78, 5) is 37.4. The van der Waals surface area contributed by atoms with Gasteiger partial charge < -0.3 is 19.8 Å². The zero-order chi connectivity index (χ0) is 18.2. The molecule has 7 nitrogen and oxygen atoms in total. The van der Waals surface area contributed by atoms with E-state index in [1.54, 1.807) is 24.3 Å². The summed E-state index contributed by atoms with van der Waals surface area (Å²) < 4.78 is 5.66. The number of benzene rings is 1. The number of nitrogens with zero attached hydrogens (tertiary/aromatic N) is 1. The number of carbonyl (C=O) groups excluding carboxylic acids is 1. The summed E-state index contributed by atoms with van der Waals surface area (Å²) in [5.74, 6) is -2.26. The first kappa shape index (κ1) is 17.3. The third kappa shape index (κ3) is 2.54. The number of fused-ring (bicyclic) bond motifs is 1. The molecule has 1 heterocycles. The Morgan fingerprint density at radius 3 is 2.28 bits per heavy atom. The first-order valence-corrected chi connectivity index (χ1v) is 8.36. The maximum absolute atomic E-state index is 12.9. The number of carboxylic acids is 2. The summed E-state index contributed by atoms with van der Waals surface area (Å²) in [6, 6.07) is 6.78. The second kappa shape index (κ2) is 6.06. The van der Waals surface area contributed by atoms with Gasteiger partial charge in [-0.05, 0) is 25.0 Å². The highest BCUT2D eigenvalue weighted by Crippen LogP contribution is 2.68. The van der Waals surface area contributed by atoms with Crippen molar-refractivity contribution < 1.29 is 29.3 Å². The summed E-state index contributed by atoms with van der Waals surface area (Å²) in [5.41, 5.74) is -2.40. The molecule has 25 heavy (non-hydrogen) atoms. The Bertz CT molecular complexity index is 704. The molecule has 1 aromatic rings. The molecule has 1 saturated carbocycles. The Hall–Kier alpha value is -2.57. The van der Waals surface area contributed by atoms with Crippen molar-refractivity contribution in [1.29, 1.82) is 0 Å². The van der Waals surface area contributed by atoms with Crippen LogP contribution in [0.15, 0.2) is 24.3 Å². The predicted molar refractivity (Wildman–Crippen MR) is 87.5 cm³/mol. The van der Waals surface area contributed by atoms with E-state index >= 15 is 0 Å². The zero-order valence-electron chi connectivity index (χ0n) is 14.0. The summed E-state index contributed by atoms with van der Waals surface area (Å²) in [6.45, 7) is 2.35. The standard InChI is InChI=1S/C18H21NO6/c1-2-3-8-25-13-7-5-4-6-12(13)14(20)19-10-17(15(21)22)9-18(17,11-19)16(23)24/h4-7H,2-3,8-11H2,1H3,(H,21,22)(H,23,24)/t17-,18+. The molecule has 1 saturated heterocycles. The molecule has 134 valence electrons. The number of rotatable bonds is 7. The van der Waals surface area contributed by atoms with Crippen molar-refractivity contribution in [2.75, 3.05) is 19.7 Å². The Labute approximate surface area is 145 Å². The molecule has 2 fully saturated rings. The summed E-state index contributed by atoms with van der Waals surface area (Å²) in [7, 11) is 0. The first-order chi connectivity index (χ1) is 11.9. The average molecular weight is 347 g/mol. The average Bonchev–Trinajstić information content (AvgIpc) is 3.13. The predicted octanol–water partition coefficient (Wildman–Crippen LogP) is 1.87. The van der Waals surface area contributed by atoms with Crippen LogP contribution in [0.3, 0.4) is 0 Å². The van der Waals surface area contributed by atoms with Gasteiger partial charge in [-0.2, -0.15) is 0 Å². The fourth-order valence-electron chi connectivity index (χ4n) is 3.70. The van der Waals surface area contributed by atoms with Crippen molar-refractivity contribution in [1.82, 2.24) is 4.90 Å². The van der Waals surface area contributed by atoms with Gasteiger partial charge in [0.2, 0.25) is 0 Å². The van der Waals surface area contributed by atoms with E-state index in [4.69, 9.17) is 4.74 Å². The molecule has 0 bridgehead atoms. The quantitative estimate of drug-likeness (QED) is 0.730. The van der Waals surface area contributed by atoms with Crippen molar-refractivity contribution >= 4 is 17.8 Å². The zero-order valence-corrected chi connectivity index (χ0v) is 14.0. The topological polar surface area (TPSA) is 104 Å². The molecule has 1 amide bonds. The minimum Gasteiger partial charge on any atom is -0.493 e. The van der Waals surface area contributed by atoms with E-state index in [0.29, 0.717) is 17.9 Å². The molecular weight excluding hydrogens is 326 g/mol. The molecule has 0 radical (unpaired) electrons. The highest BCUT2D eigenvalue weighted by molar-refractivity contribution is 6.01. The monoisotopic (exact) mass is 347 g/mol. The number of carboxylic acid groups (broad SMARTS) is 2. The molecule has 1 aliphatic carbocycles. The lowest BCUT2D eigenvalue weighted by Gasteiger charge is -2.21. The molecule has 1 aromatic carbocycles. The van der Waals surface area contributed by atoms with Crippen molar-refractivity contribution in [3.05, 3.63) is 29.8 Å². The Kier molecular flexibility index (Phi) is 4.18. The molecule has 2 N–H and O–H groups in total. The lowest BCUT2D eigenvalue weighted by Crippen LogP contribution is -2.34. The van der Waals surface area contributed by atoms with E-state index in [9.17, 15) is 24.6 Å². The smallest absolute Gasteiger partial charge is 0.312 e. The van der Waals surface area contributed by atoms with Crippen LogP contribution in [0.25, 0.3) is 0 Å². The van der Waals surface area contributed by atoms with Crippen LogP contribution in [0.4, 0.5) is 0 Å². The van der Waals surface area contributed by atoms with Crippen molar-refractivity contribution in [2.45, 2.75) is 26.2 Å². The molecule has 7 heteroatoms. The molecule has 0 aromatic heterocycles. The third-order valence-corrected chi connectivity index (χ3v) is 5.30. The molecule has 0 spiro atoms. The van der Waals surface area contributed by atoms with Gasteiger partial charge in [-0.3, -0.25) is 14.4 Å². The second-order valence-corrected chi connectivity index (χ2v) is 6.81. The van der Waals surface area contributed by atoms with E-state index in [1.807, 2.05) is 6.92 Å². The number of amides is 1. The van der Waals surface area contributed by atoms with Crippen LogP contribution >= 0.6 is 0 Å². The molecule has 2 aliphatic rings. The number of ether oxygens (including phenoxy) is 1. The van der Waals surface area contributed by atoms with Gasteiger partial charge in [0, 0.05) is 13.1 Å². The minimum absolute atomic E-state index is 0.0725. The number of piperidine rings is 1. The van der Waals surface area contributed by atoms with Crippen LogP contribution in [-0.4, -0.2) is 52.7 Å². The van der Waals surface area contributed by atoms with Gasteiger partial charge in [0.1, 0.15) is 16.6 Å². The molecule has 3 rings (SSSR count). The van der Waals surface area contributed by atoms with Gasteiger partial charge in [0.25, 0.3) is 5.91 Å². The third-order valence-electron chi connectivity index (χ3n) is 5.30. The van der Waals surface area contributed by atoms with Gasteiger partial charge >= 0.3 is 11.9 Å². The van der Waals surface area contributed by atoms with E-state index < -0.39 is 22.8 Å². The Morgan fingerprint density at radius 1 is 1.12 bits per heavy atom. The first-order valence-electron chi connectivity index (χ1n) is 8.36. The lowest BCUT2D eigenvalue weighted by atomic mass is 9.97. The van der Waals surface area contributed by atoms with E-state index in [1.165, 1.54) is 4.90 Å². The van der Waals surface area contributed by atoms with E-state index in [0.717, 1.165) is 12.8 Å². The largest absolute Gasteiger partial charge is 0.493 e. The number of carbonyl (C=O) groups is 3. The summed E-state index contributed by atoms with van der Waals surface area (Å²) >= 11 is 0. The molecule has 2 atom stereocenters. The lowest BCUT2D eigenvalue weighted by molar-refractivity contribution is -0.151. The Morgan fingerprint density at radius 2 is 1.72 bits per heavy atom. The maximum atomic E-state index is 12.9. The van der Waals surface area contributed by atoms with Crippen LogP contribution in [0.2, 0.25) is 0 Å². The number of hydrogen-bond acceptors (Lipinski definition) is 4. The van der Waals surface area contributed by atoms with Crippen molar-refractivity contribution in [3.63, 3.8) is 0 Å². The van der Waals surface area contributed by atoms with E-state index in [-0.39, 0.29) is 25.4 Å². The summed E-state index contributed by atoms with van der Waals surface area (Å²) in [5, 5.41) is 18.9. The molecule has 1 aliphatic heterocycles. The fraction of sp³-hybridized carbons (Fsp3) is 0.500. The molecular formula is C18H21NO6. The van der Waals surface area contributed by atoms with Crippen LogP contribution in [0.5, 0.6) is 5.75 Å². The number of likely N-dealkylation sites (tertiary alicyclic amines) is 1. The number of para-hydroxylation sites is 1. The van der Waals surface area contributed by atoms with Gasteiger partial charge in [-0.25, -0.2) is 0 Å². The summed E-state index contributed by atoms with van der Waals surface area (Å²) in [6.07, 6.45) is 1.89. The number of hydrogen-bond donors (Lipinski definition) is 2. The highest BCUT2D eigenvalue weighted by atomic mass is 16.5. The van der Waals surface area contributed by atoms with Gasteiger partial charge in [0.05, 0.1) is 12.2 Å².